The number of alkyl carbamates (subject to hydrolysis) is 1. The van der Waals surface area contributed by atoms with Crippen LogP contribution in [0.2, 0.25) is 0 Å². The van der Waals surface area contributed by atoms with E-state index >= 15 is 0 Å². The lowest BCUT2D eigenvalue weighted by atomic mass is 9.93. The van der Waals surface area contributed by atoms with Crippen LogP contribution in [0.15, 0.2) is 30.3 Å². The van der Waals surface area contributed by atoms with Gasteiger partial charge in [0, 0.05) is 0 Å². The zero-order chi connectivity index (χ0) is 33.2. The summed E-state index contributed by atoms with van der Waals surface area (Å²) in [5.74, 6) is -1.61. The number of hydrogen-bond acceptors (Lipinski definition) is 7. The van der Waals surface area contributed by atoms with Crippen molar-refractivity contribution >= 4 is 29.6 Å². The molecule has 0 spiro atoms. The highest BCUT2D eigenvalue weighted by molar-refractivity contribution is 5.98. The fourth-order valence-corrected chi connectivity index (χ4v) is 4.65. The van der Waals surface area contributed by atoms with E-state index in [9.17, 15) is 24.0 Å². The molecule has 1 aromatic rings. The Bertz CT molecular complexity index is 1140. The fraction of sp³-hybridized carbons (Fsp3) is 0.667. The zero-order valence-corrected chi connectivity index (χ0v) is 27.7. The number of benzene rings is 1. The van der Waals surface area contributed by atoms with Gasteiger partial charge in [-0.2, -0.15) is 0 Å². The van der Waals surface area contributed by atoms with Crippen molar-refractivity contribution in [2.75, 3.05) is 6.61 Å². The molecule has 5 atom stereocenters. The monoisotopic (exact) mass is 616 g/mol. The number of ketones is 1. The summed E-state index contributed by atoms with van der Waals surface area (Å²) in [5.41, 5.74) is -0.663. The Morgan fingerprint density at radius 2 is 1.32 bits per heavy atom. The van der Waals surface area contributed by atoms with Crippen LogP contribution in [0.25, 0.3) is 0 Å². The molecule has 0 unspecified atom stereocenters. The largest absolute Gasteiger partial charge is 0.444 e. The Labute approximate surface area is 262 Å². The molecule has 1 saturated heterocycles. The quantitative estimate of drug-likeness (QED) is 0.207. The Morgan fingerprint density at radius 3 is 1.84 bits per heavy atom. The topological polar surface area (TPSA) is 155 Å². The zero-order valence-electron chi connectivity index (χ0n) is 27.7. The summed E-state index contributed by atoms with van der Waals surface area (Å²) in [7, 11) is 0. The molecule has 0 aliphatic carbocycles. The van der Waals surface area contributed by atoms with Crippen molar-refractivity contribution in [2.24, 2.45) is 11.8 Å². The van der Waals surface area contributed by atoms with Gasteiger partial charge in [-0.25, -0.2) is 4.79 Å². The van der Waals surface area contributed by atoms with E-state index in [2.05, 4.69) is 21.3 Å². The minimum atomic E-state index is -0.974. The van der Waals surface area contributed by atoms with Gasteiger partial charge in [-0.3, -0.25) is 19.2 Å². The van der Waals surface area contributed by atoms with E-state index in [1.165, 1.54) is 6.92 Å². The van der Waals surface area contributed by atoms with Crippen molar-refractivity contribution in [3.05, 3.63) is 35.9 Å². The third-order valence-corrected chi connectivity index (χ3v) is 7.10. The van der Waals surface area contributed by atoms with E-state index in [-0.39, 0.29) is 24.0 Å². The smallest absolute Gasteiger partial charge is 0.408 e. The Balaban J connectivity index is 2.13. The minimum absolute atomic E-state index is 0.0316. The number of Topliss-reactive ketones (excluding diaryl/α,β-unsaturated/α-hetero) is 1. The number of epoxide rings is 1. The number of amides is 4. The number of hydrogen-bond donors (Lipinski definition) is 4. The molecule has 0 bridgehead atoms. The molecule has 1 aromatic carbocycles. The first-order valence-electron chi connectivity index (χ1n) is 15.5. The predicted molar refractivity (Wildman–Crippen MR) is 168 cm³/mol. The highest BCUT2D eigenvalue weighted by Crippen LogP contribution is 2.29. The first-order valence-corrected chi connectivity index (χ1v) is 15.5. The summed E-state index contributed by atoms with van der Waals surface area (Å²) < 4.78 is 10.7. The van der Waals surface area contributed by atoms with Gasteiger partial charge in [-0.05, 0) is 77.7 Å². The molecule has 44 heavy (non-hydrogen) atoms. The van der Waals surface area contributed by atoms with E-state index in [0.717, 1.165) is 5.56 Å². The summed E-state index contributed by atoms with van der Waals surface area (Å²) in [6.07, 6.45) is 0.779. The molecular weight excluding hydrogens is 564 g/mol. The molecule has 0 saturated carbocycles. The summed E-state index contributed by atoms with van der Waals surface area (Å²) in [4.78, 5) is 65.5. The maximum Gasteiger partial charge on any atom is 0.408 e. The molecule has 4 amide bonds. The lowest BCUT2D eigenvalue weighted by molar-refractivity contribution is -0.134. The number of nitrogens with one attached hydrogen (secondary N) is 4. The van der Waals surface area contributed by atoms with Crippen LogP contribution in [0.1, 0.15) is 87.1 Å². The minimum Gasteiger partial charge on any atom is -0.444 e. The van der Waals surface area contributed by atoms with Gasteiger partial charge in [-0.15, -0.1) is 0 Å². The van der Waals surface area contributed by atoms with E-state index < -0.39 is 59.2 Å². The van der Waals surface area contributed by atoms with Gasteiger partial charge >= 0.3 is 6.09 Å². The molecule has 0 aromatic heterocycles. The van der Waals surface area contributed by atoms with Gasteiger partial charge in [-0.1, -0.05) is 58.0 Å². The lowest BCUT2D eigenvalue weighted by Gasteiger charge is -2.27. The third-order valence-electron chi connectivity index (χ3n) is 7.10. The number of carbonyl (C=O) groups excluding carboxylic acids is 5. The number of ether oxygens (including phenoxy) is 2. The standard InChI is InChI=1S/C33H52N4O7/c1-20(2)17-25(27(38)33(9)19-43-33)35-28(39)22(5)34-30(41)26(18-21(3)4)36-29(40)24(37-31(42)44-32(6,7)8)16-15-23-13-11-10-12-14-23/h10-14,20-22,24-26H,15-19H2,1-9H3,(H,34,41)(H,35,39)(H,36,40)(H,37,42)/t22-,24-,25-,26-,33+/m0/s1. The van der Waals surface area contributed by atoms with Crippen LogP contribution in [0, 0.1) is 11.8 Å². The van der Waals surface area contributed by atoms with Crippen molar-refractivity contribution in [1.82, 2.24) is 21.3 Å². The highest BCUT2D eigenvalue weighted by atomic mass is 16.6. The molecule has 1 heterocycles. The molecule has 1 aliphatic rings. The molecule has 1 aliphatic heterocycles. The molecule has 1 fully saturated rings. The molecule has 11 nitrogen and oxygen atoms in total. The molecule has 4 N–H and O–H groups in total. The van der Waals surface area contributed by atoms with Gasteiger partial charge in [0.15, 0.2) is 5.78 Å². The van der Waals surface area contributed by atoms with E-state index in [0.29, 0.717) is 25.9 Å². The third kappa shape index (κ3) is 12.6. The maximum absolute atomic E-state index is 13.5. The summed E-state index contributed by atoms with van der Waals surface area (Å²) in [5, 5.41) is 10.9. The second-order valence-electron chi connectivity index (χ2n) is 13.7. The molecule has 0 radical (unpaired) electrons. The Hall–Kier alpha value is -3.47. The first kappa shape index (κ1) is 36.7. The van der Waals surface area contributed by atoms with Crippen LogP contribution < -0.4 is 21.3 Å². The van der Waals surface area contributed by atoms with Crippen molar-refractivity contribution < 1.29 is 33.4 Å². The van der Waals surface area contributed by atoms with Crippen LogP contribution in [-0.4, -0.2) is 71.6 Å². The van der Waals surface area contributed by atoms with Gasteiger partial charge < -0.3 is 30.7 Å². The predicted octanol–water partition coefficient (Wildman–Crippen LogP) is 3.44. The number of rotatable bonds is 16. The summed E-state index contributed by atoms with van der Waals surface area (Å²) in [6, 6.07) is 5.89. The van der Waals surface area contributed by atoms with Crippen LogP contribution in [0.5, 0.6) is 0 Å². The second kappa shape index (κ2) is 16.0. The van der Waals surface area contributed by atoms with Gasteiger partial charge in [0.1, 0.15) is 29.3 Å². The fourth-order valence-electron chi connectivity index (χ4n) is 4.65. The normalized spacial score (nSPS) is 18.9. The Morgan fingerprint density at radius 1 is 0.795 bits per heavy atom. The first-order chi connectivity index (χ1) is 20.4. The van der Waals surface area contributed by atoms with E-state index in [4.69, 9.17) is 9.47 Å². The van der Waals surface area contributed by atoms with E-state index in [1.54, 1.807) is 27.7 Å². The van der Waals surface area contributed by atoms with Crippen molar-refractivity contribution in [1.29, 1.82) is 0 Å². The van der Waals surface area contributed by atoms with Gasteiger partial charge in [0.05, 0.1) is 12.6 Å². The summed E-state index contributed by atoms with van der Waals surface area (Å²) in [6.45, 7) is 16.5. The molecular formula is C33H52N4O7. The van der Waals surface area contributed by atoms with E-state index in [1.807, 2.05) is 58.0 Å². The second-order valence-corrected chi connectivity index (χ2v) is 13.7. The lowest BCUT2D eigenvalue weighted by Crippen LogP contribution is -2.58. The molecule has 246 valence electrons. The number of carbonyl (C=O) groups is 5. The van der Waals surface area contributed by atoms with Crippen molar-refractivity contribution in [2.45, 2.75) is 123 Å². The molecule has 2 rings (SSSR count). The van der Waals surface area contributed by atoms with Crippen LogP contribution >= 0.6 is 0 Å². The van der Waals surface area contributed by atoms with Crippen LogP contribution in [0.3, 0.4) is 0 Å². The van der Waals surface area contributed by atoms with Crippen molar-refractivity contribution in [3.8, 4) is 0 Å². The Kier molecular flexibility index (Phi) is 13.4. The highest BCUT2D eigenvalue weighted by Gasteiger charge is 2.50. The number of aryl methyl sites for hydroxylation is 1. The summed E-state index contributed by atoms with van der Waals surface area (Å²) >= 11 is 0. The average Bonchev–Trinajstić information content (AvgIpc) is 3.66. The maximum atomic E-state index is 13.5. The van der Waals surface area contributed by atoms with Crippen LogP contribution in [-0.2, 0) is 35.1 Å². The SMILES string of the molecule is CC(C)C[C@H](NC(=O)[C@H](CCc1ccccc1)NC(=O)OC(C)(C)C)C(=O)N[C@@H](C)C(=O)N[C@@H](CC(C)C)C(=O)[C@@]1(C)CO1. The average molecular weight is 617 g/mol. The van der Waals surface area contributed by atoms with Gasteiger partial charge in [0.25, 0.3) is 0 Å². The van der Waals surface area contributed by atoms with Crippen LogP contribution in [0.4, 0.5) is 4.79 Å². The van der Waals surface area contributed by atoms with Crippen molar-refractivity contribution in [3.63, 3.8) is 0 Å². The molecule has 11 heteroatoms. The van der Waals surface area contributed by atoms with Gasteiger partial charge in [0.2, 0.25) is 17.7 Å².